The van der Waals surface area contributed by atoms with E-state index in [-0.39, 0.29) is 0 Å². The molecule has 122 valence electrons. The number of aliphatic hydroxyl groups excluding tert-OH is 2. The molecule has 2 rings (SSSR count). The van der Waals surface area contributed by atoms with Crippen molar-refractivity contribution in [3.63, 3.8) is 0 Å². The van der Waals surface area contributed by atoms with E-state index in [1.165, 1.54) is 0 Å². The molecule has 0 aliphatic carbocycles. The zero-order valence-electron chi connectivity index (χ0n) is 10.5. The number of ether oxygens (including phenoxy) is 1. The van der Waals surface area contributed by atoms with Gasteiger partial charge in [0.05, 0.1) is 0 Å². The molecule has 0 saturated heterocycles. The lowest BCUT2D eigenvalue weighted by Crippen LogP contribution is -2.41. The highest BCUT2D eigenvalue weighted by Gasteiger charge is 2.53. The van der Waals surface area contributed by atoms with Crippen molar-refractivity contribution in [3.8, 4) is 0 Å². The van der Waals surface area contributed by atoms with Crippen molar-refractivity contribution in [2.24, 2.45) is 0 Å². The van der Waals surface area contributed by atoms with E-state index in [1.54, 1.807) is 4.98 Å². The molecule has 0 unspecified atom stereocenters. The molecule has 5 N–H and O–H groups in total. The Morgan fingerprint density at radius 1 is 1.50 bits per heavy atom. The van der Waals surface area contributed by atoms with Gasteiger partial charge in [-0.1, -0.05) is 0 Å². The Labute approximate surface area is 120 Å². The number of hydrogen-bond donors (Lipinski definition) is 5. The van der Waals surface area contributed by atoms with Crippen molar-refractivity contribution in [1.82, 2.24) is 9.55 Å². The Morgan fingerprint density at radius 2 is 2.14 bits per heavy atom. The second-order valence-electron chi connectivity index (χ2n) is 4.23. The van der Waals surface area contributed by atoms with Gasteiger partial charge in [0.1, 0.15) is 6.61 Å². The summed E-state index contributed by atoms with van der Waals surface area (Å²) in [7, 11) is -5.06. The zero-order chi connectivity index (χ0) is 16.7. The standard InChI is InChI=1S/C9H10FN2O9P/c10-9(3-20-22(17,18)19)6(15)5(14)7(21-9)12-2-1-4(13)11-8(12)16/h1-2,6,14-15H,3H2,(H,11,13,16)(H2,17,18,19)/t6-,9+/m0/s1. The van der Waals surface area contributed by atoms with E-state index in [4.69, 9.17) is 9.79 Å². The summed E-state index contributed by atoms with van der Waals surface area (Å²) in [6.07, 6.45) is -1.53. The Kier molecular flexibility index (Phi) is 3.98. The van der Waals surface area contributed by atoms with E-state index in [9.17, 15) is 28.8 Å². The molecule has 1 aromatic rings. The maximum absolute atomic E-state index is 14.3. The molecule has 11 nitrogen and oxygen atoms in total. The number of aromatic nitrogens is 2. The molecular weight excluding hydrogens is 330 g/mol. The van der Waals surface area contributed by atoms with Crippen LogP contribution in [0.5, 0.6) is 0 Å². The number of rotatable bonds is 4. The predicted molar refractivity (Wildman–Crippen MR) is 66.1 cm³/mol. The lowest BCUT2D eigenvalue weighted by Gasteiger charge is -2.23. The van der Waals surface area contributed by atoms with Crippen molar-refractivity contribution in [1.29, 1.82) is 0 Å². The van der Waals surface area contributed by atoms with Crippen molar-refractivity contribution >= 4 is 13.7 Å². The highest BCUT2D eigenvalue weighted by atomic mass is 31.2. The van der Waals surface area contributed by atoms with Crippen LogP contribution in [-0.2, 0) is 13.8 Å². The summed E-state index contributed by atoms with van der Waals surface area (Å²) >= 11 is 0. The number of hydrogen-bond acceptors (Lipinski definition) is 7. The maximum Gasteiger partial charge on any atom is 0.469 e. The Hall–Kier alpha value is -1.98. The first-order chi connectivity index (χ1) is 10.0. The average Bonchev–Trinajstić information content (AvgIpc) is 2.61. The van der Waals surface area contributed by atoms with Gasteiger partial charge in [0.15, 0.2) is 11.9 Å². The van der Waals surface area contributed by atoms with Gasteiger partial charge >= 0.3 is 19.4 Å². The summed E-state index contributed by atoms with van der Waals surface area (Å²) in [5, 5.41) is 19.2. The van der Waals surface area contributed by atoms with Crippen molar-refractivity contribution in [3.05, 3.63) is 38.9 Å². The van der Waals surface area contributed by atoms with Crippen molar-refractivity contribution < 1.29 is 38.2 Å². The molecule has 0 aromatic carbocycles. The molecule has 13 heteroatoms. The molecular formula is C9H10FN2O9P. The van der Waals surface area contributed by atoms with E-state index < -0.39 is 49.3 Å². The predicted octanol–water partition coefficient (Wildman–Crippen LogP) is -1.61. The normalized spacial score (nSPS) is 25.4. The number of nitrogens with zero attached hydrogens (tertiary/aromatic N) is 1. The fraction of sp³-hybridized carbons (Fsp3) is 0.333. The number of halogens is 1. The van der Waals surface area contributed by atoms with E-state index in [0.717, 1.165) is 12.3 Å². The van der Waals surface area contributed by atoms with Crippen LogP contribution in [0.4, 0.5) is 4.39 Å². The molecule has 1 aliphatic rings. The smallest absolute Gasteiger partial charge is 0.469 e. The van der Waals surface area contributed by atoms with Crippen molar-refractivity contribution in [2.45, 2.75) is 12.0 Å². The average molecular weight is 340 g/mol. The van der Waals surface area contributed by atoms with Crippen LogP contribution < -0.4 is 11.2 Å². The third-order valence-corrected chi connectivity index (χ3v) is 3.09. The molecule has 1 aromatic heterocycles. The topological polar surface area (TPSA) is 171 Å². The molecule has 0 saturated carbocycles. The van der Waals surface area contributed by atoms with Gasteiger partial charge < -0.3 is 24.7 Å². The largest absolute Gasteiger partial charge is 0.505 e. The number of alkyl halides is 1. The minimum atomic E-state index is -5.06. The Morgan fingerprint density at radius 3 is 2.68 bits per heavy atom. The second kappa shape index (κ2) is 5.34. The van der Waals surface area contributed by atoms with E-state index in [2.05, 4.69) is 9.26 Å². The Balaban J connectivity index is 2.34. The molecule has 0 fully saturated rings. The van der Waals surface area contributed by atoms with Gasteiger partial charge in [-0.2, -0.15) is 4.39 Å². The van der Waals surface area contributed by atoms with Crippen LogP contribution >= 0.6 is 7.82 Å². The lowest BCUT2D eigenvalue weighted by atomic mass is 10.2. The number of aromatic amines is 1. The molecule has 0 radical (unpaired) electrons. The number of H-pyrrole nitrogens is 1. The molecule has 0 amide bonds. The molecule has 2 atom stereocenters. The van der Waals surface area contributed by atoms with Gasteiger partial charge in [-0.05, 0) is 0 Å². The summed E-state index contributed by atoms with van der Waals surface area (Å²) in [6, 6.07) is 0.863. The number of phosphoric ester groups is 1. The minimum absolute atomic E-state index is 0.485. The fourth-order valence-electron chi connectivity index (χ4n) is 1.62. The van der Waals surface area contributed by atoms with Crippen LogP contribution in [0.25, 0.3) is 5.88 Å². The third kappa shape index (κ3) is 3.10. The monoisotopic (exact) mass is 340 g/mol. The highest BCUT2D eigenvalue weighted by Crippen LogP contribution is 2.42. The summed E-state index contributed by atoms with van der Waals surface area (Å²) in [6.45, 7) is -1.43. The molecule has 0 bridgehead atoms. The second-order valence-corrected chi connectivity index (χ2v) is 5.46. The summed E-state index contributed by atoms with van der Waals surface area (Å²) in [4.78, 5) is 41.3. The van der Waals surface area contributed by atoms with Crippen LogP contribution in [0, 0.1) is 0 Å². The summed E-state index contributed by atoms with van der Waals surface area (Å²) in [5.41, 5.74) is -1.86. The van der Waals surface area contributed by atoms with Crippen LogP contribution in [0.1, 0.15) is 0 Å². The van der Waals surface area contributed by atoms with Gasteiger partial charge in [0, 0.05) is 12.3 Å². The zero-order valence-corrected chi connectivity index (χ0v) is 11.4. The van der Waals surface area contributed by atoms with Crippen LogP contribution in [-0.4, -0.2) is 48.1 Å². The van der Waals surface area contributed by atoms with E-state index >= 15 is 0 Å². The molecule has 0 spiro atoms. The fourth-order valence-corrected chi connectivity index (χ4v) is 1.96. The summed E-state index contributed by atoms with van der Waals surface area (Å²) < 4.78 is 33.8. The first-order valence-electron chi connectivity index (χ1n) is 5.55. The van der Waals surface area contributed by atoms with Crippen LogP contribution in [0.15, 0.2) is 27.6 Å². The molecule has 1 aliphatic heterocycles. The van der Waals surface area contributed by atoms with Gasteiger partial charge in [-0.3, -0.25) is 14.3 Å². The summed E-state index contributed by atoms with van der Waals surface area (Å²) in [5.74, 6) is -5.22. The van der Waals surface area contributed by atoms with Crippen LogP contribution in [0.3, 0.4) is 0 Å². The Bertz CT molecular complexity index is 780. The molecule has 22 heavy (non-hydrogen) atoms. The number of phosphoric acid groups is 1. The van der Waals surface area contributed by atoms with Gasteiger partial charge in [0.25, 0.3) is 5.56 Å². The highest BCUT2D eigenvalue weighted by molar-refractivity contribution is 7.46. The lowest BCUT2D eigenvalue weighted by molar-refractivity contribution is -0.164. The van der Waals surface area contributed by atoms with Gasteiger partial charge in [-0.25, -0.2) is 13.9 Å². The number of nitrogens with one attached hydrogen (secondary N) is 1. The van der Waals surface area contributed by atoms with E-state index in [1.807, 2.05) is 0 Å². The number of aliphatic hydroxyl groups is 2. The van der Waals surface area contributed by atoms with Crippen LogP contribution in [0.2, 0.25) is 0 Å². The minimum Gasteiger partial charge on any atom is -0.505 e. The van der Waals surface area contributed by atoms with Crippen molar-refractivity contribution in [2.75, 3.05) is 6.61 Å². The first kappa shape index (κ1) is 16.4. The third-order valence-electron chi connectivity index (χ3n) is 2.63. The quantitative estimate of drug-likeness (QED) is 0.404. The van der Waals surface area contributed by atoms with Gasteiger partial charge in [0.2, 0.25) is 5.88 Å². The SMILES string of the molecule is O=c1ccn(C2=C(O)[C@H](O)[C@@](F)(COP(=O)(O)O)O2)c(=O)[nH]1. The maximum atomic E-state index is 14.3. The molecule has 2 heterocycles. The first-order valence-corrected chi connectivity index (χ1v) is 7.08. The van der Waals surface area contributed by atoms with Gasteiger partial charge in [-0.15, -0.1) is 0 Å². The van der Waals surface area contributed by atoms with E-state index in [0.29, 0.717) is 4.57 Å².